The highest BCUT2D eigenvalue weighted by Gasteiger charge is 2.56. The minimum absolute atomic E-state index is 0.169. The number of imide groups is 1. The van der Waals surface area contributed by atoms with Crippen molar-refractivity contribution >= 4 is 68.1 Å². The predicted molar refractivity (Wildman–Crippen MR) is 154 cm³/mol. The number of carbonyl (C=O) groups is 3. The third-order valence-corrected chi connectivity index (χ3v) is 9.51. The molecule has 39 heavy (non-hydrogen) atoms. The molecule has 0 saturated carbocycles. The summed E-state index contributed by atoms with van der Waals surface area (Å²) in [6.45, 7) is -0.169. The van der Waals surface area contributed by atoms with Crippen molar-refractivity contribution in [3.05, 3.63) is 103 Å². The number of amides is 3. The number of hydrogen-bond donors (Lipinski definition) is 2. The molecule has 3 atom stereocenters. The quantitative estimate of drug-likeness (QED) is 0.293. The van der Waals surface area contributed by atoms with E-state index in [0.29, 0.717) is 22.2 Å². The number of nitrogens with one attached hydrogen (secondary N) is 2. The monoisotopic (exact) mass is 621 g/mol. The summed E-state index contributed by atoms with van der Waals surface area (Å²) in [5.74, 6) is -1.56. The topological polar surface area (TPSA) is 109 Å². The second-order valence-corrected chi connectivity index (χ2v) is 12.1. The van der Waals surface area contributed by atoms with Gasteiger partial charge in [-0.05, 0) is 54.1 Å². The first kappa shape index (κ1) is 25.6. The zero-order chi connectivity index (χ0) is 27.1. The normalized spacial score (nSPS) is 19.9. The van der Waals surface area contributed by atoms with E-state index in [1.54, 1.807) is 48.5 Å². The summed E-state index contributed by atoms with van der Waals surface area (Å²) in [6, 6.07) is 23.2. The number of rotatable bonds is 6. The Kier molecular flexibility index (Phi) is 6.88. The molecule has 0 radical (unpaired) electrons. The smallest absolute Gasteiger partial charge is 0.305 e. The molecule has 2 aliphatic rings. The Balaban J connectivity index is 1.25. The summed E-state index contributed by atoms with van der Waals surface area (Å²) in [4.78, 5) is 56.4. The summed E-state index contributed by atoms with van der Waals surface area (Å²) < 4.78 is 6.50. The highest BCUT2D eigenvalue weighted by molar-refractivity contribution is 9.10. The number of para-hydroxylation sites is 1. The number of halogens is 1. The van der Waals surface area contributed by atoms with Crippen LogP contribution in [0.15, 0.2) is 93.2 Å². The number of H-pyrrole nitrogens is 1. The lowest BCUT2D eigenvalue weighted by molar-refractivity contribution is -0.122. The van der Waals surface area contributed by atoms with Gasteiger partial charge in [0.2, 0.25) is 11.8 Å². The van der Waals surface area contributed by atoms with E-state index in [9.17, 15) is 19.2 Å². The fourth-order valence-electron chi connectivity index (χ4n) is 4.86. The second-order valence-electron chi connectivity index (χ2n) is 9.01. The van der Waals surface area contributed by atoms with Crippen LogP contribution in [0.5, 0.6) is 5.75 Å². The number of ether oxygens (including phenoxy) is 1. The van der Waals surface area contributed by atoms with E-state index >= 15 is 0 Å². The SMILES string of the molecule is O=C(COc1ccc(C2c3sc(=O)[nH]c3SC3C(=O)N(c4ccc(Br)cc4)C(=O)C32)cc1)Nc1ccccc1. The first-order valence-electron chi connectivity index (χ1n) is 12.0. The number of fused-ring (bicyclic) bond motifs is 2. The minimum atomic E-state index is -0.673. The second kappa shape index (κ2) is 10.5. The Bertz CT molecular complexity index is 1620. The number of benzene rings is 3. The standard InChI is InChI=1S/C28H20BrN3O5S2/c29-16-8-10-18(11-9-16)32-26(34)22-21(23-25(31-28(36)39-23)38-24(22)27(32)35)15-6-12-19(13-7-15)37-14-20(33)30-17-4-2-1-3-5-17/h1-13,21-22,24H,14H2,(H,30,33)(H,31,36). The van der Waals surface area contributed by atoms with E-state index in [-0.39, 0.29) is 29.2 Å². The van der Waals surface area contributed by atoms with Gasteiger partial charge in [-0.3, -0.25) is 19.2 Å². The number of aromatic amines is 1. The summed E-state index contributed by atoms with van der Waals surface area (Å²) in [5.41, 5.74) is 1.97. The molecule has 3 aromatic carbocycles. The average molecular weight is 623 g/mol. The van der Waals surface area contributed by atoms with Crippen LogP contribution in [0.2, 0.25) is 0 Å². The number of thiazole rings is 1. The third kappa shape index (κ3) is 4.93. The van der Waals surface area contributed by atoms with Crippen molar-refractivity contribution in [3.8, 4) is 5.75 Å². The van der Waals surface area contributed by atoms with Crippen molar-refractivity contribution in [1.29, 1.82) is 0 Å². The summed E-state index contributed by atoms with van der Waals surface area (Å²) in [6.07, 6.45) is 0. The van der Waals surface area contributed by atoms with E-state index in [4.69, 9.17) is 4.74 Å². The van der Waals surface area contributed by atoms with E-state index in [1.165, 1.54) is 16.7 Å². The number of nitrogens with zero attached hydrogens (tertiary/aromatic N) is 1. The molecule has 1 fully saturated rings. The van der Waals surface area contributed by atoms with Crippen LogP contribution in [-0.4, -0.2) is 34.6 Å². The van der Waals surface area contributed by atoms with Gasteiger partial charge in [0, 0.05) is 21.0 Å². The van der Waals surface area contributed by atoms with Gasteiger partial charge in [-0.2, -0.15) is 0 Å². The average Bonchev–Trinajstić information content (AvgIpc) is 3.43. The highest BCUT2D eigenvalue weighted by Crippen LogP contribution is 2.53. The van der Waals surface area contributed by atoms with E-state index in [2.05, 4.69) is 26.2 Å². The molecule has 0 aliphatic carbocycles. The number of hydrogen-bond acceptors (Lipinski definition) is 7. The minimum Gasteiger partial charge on any atom is -0.484 e. The molecule has 1 aromatic heterocycles. The van der Waals surface area contributed by atoms with E-state index in [0.717, 1.165) is 26.3 Å². The molecule has 3 heterocycles. The molecule has 4 aromatic rings. The van der Waals surface area contributed by atoms with E-state index < -0.39 is 17.1 Å². The van der Waals surface area contributed by atoms with Gasteiger partial charge in [-0.15, -0.1) is 0 Å². The van der Waals surface area contributed by atoms with Gasteiger partial charge in [-0.25, -0.2) is 4.90 Å². The fourth-order valence-corrected chi connectivity index (χ4v) is 7.64. The zero-order valence-corrected chi connectivity index (χ0v) is 23.3. The van der Waals surface area contributed by atoms with Gasteiger partial charge in [0.25, 0.3) is 5.91 Å². The van der Waals surface area contributed by atoms with E-state index in [1.807, 2.05) is 30.3 Å². The Morgan fingerprint density at radius 1 is 0.949 bits per heavy atom. The Hall–Kier alpha value is -3.67. The Morgan fingerprint density at radius 2 is 1.67 bits per heavy atom. The highest BCUT2D eigenvalue weighted by atomic mass is 79.9. The van der Waals surface area contributed by atoms with Crippen LogP contribution in [0.1, 0.15) is 16.4 Å². The van der Waals surface area contributed by atoms with Crippen molar-refractivity contribution in [2.24, 2.45) is 5.92 Å². The molecular weight excluding hydrogens is 602 g/mol. The molecule has 3 unspecified atom stereocenters. The van der Waals surface area contributed by atoms with Crippen molar-refractivity contribution < 1.29 is 19.1 Å². The maximum absolute atomic E-state index is 13.8. The molecule has 8 nitrogen and oxygen atoms in total. The lowest BCUT2D eigenvalue weighted by Crippen LogP contribution is -2.32. The van der Waals surface area contributed by atoms with Crippen LogP contribution in [-0.2, 0) is 14.4 Å². The largest absolute Gasteiger partial charge is 0.484 e. The summed E-state index contributed by atoms with van der Waals surface area (Å²) in [7, 11) is 0. The molecular formula is C28H20BrN3O5S2. The van der Waals surface area contributed by atoms with Gasteiger partial charge in [-0.1, -0.05) is 69.4 Å². The number of anilines is 2. The summed E-state index contributed by atoms with van der Waals surface area (Å²) in [5, 5.41) is 2.72. The van der Waals surface area contributed by atoms with Gasteiger partial charge in [0.1, 0.15) is 11.0 Å². The van der Waals surface area contributed by atoms with Crippen LogP contribution in [0, 0.1) is 5.92 Å². The van der Waals surface area contributed by atoms with Crippen molar-refractivity contribution in [1.82, 2.24) is 4.98 Å². The summed E-state index contributed by atoms with van der Waals surface area (Å²) >= 11 is 5.69. The fraction of sp³-hybridized carbons (Fsp3) is 0.143. The lowest BCUT2D eigenvalue weighted by atomic mass is 9.83. The molecule has 2 N–H and O–H groups in total. The van der Waals surface area contributed by atoms with Crippen LogP contribution >= 0.6 is 39.0 Å². The van der Waals surface area contributed by atoms with Crippen molar-refractivity contribution in [3.63, 3.8) is 0 Å². The molecule has 0 bridgehead atoms. The van der Waals surface area contributed by atoms with Crippen LogP contribution in [0.25, 0.3) is 0 Å². The number of aromatic nitrogens is 1. The van der Waals surface area contributed by atoms with Crippen LogP contribution < -0.4 is 19.8 Å². The van der Waals surface area contributed by atoms with Gasteiger partial charge >= 0.3 is 4.87 Å². The maximum atomic E-state index is 13.8. The Morgan fingerprint density at radius 3 is 2.38 bits per heavy atom. The number of thioether (sulfide) groups is 1. The number of carbonyl (C=O) groups excluding carboxylic acids is 3. The molecule has 11 heteroatoms. The first-order valence-corrected chi connectivity index (χ1v) is 14.5. The molecule has 196 valence electrons. The molecule has 6 rings (SSSR count). The zero-order valence-electron chi connectivity index (χ0n) is 20.1. The Labute approximate surface area is 239 Å². The van der Waals surface area contributed by atoms with Gasteiger partial charge in [0.05, 0.1) is 16.6 Å². The van der Waals surface area contributed by atoms with Crippen LogP contribution in [0.3, 0.4) is 0 Å². The molecule has 1 saturated heterocycles. The van der Waals surface area contributed by atoms with Crippen molar-refractivity contribution in [2.75, 3.05) is 16.8 Å². The molecule has 3 amide bonds. The third-order valence-electron chi connectivity index (χ3n) is 6.58. The molecule has 2 aliphatic heterocycles. The van der Waals surface area contributed by atoms with Gasteiger partial charge < -0.3 is 15.0 Å². The lowest BCUT2D eigenvalue weighted by Gasteiger charge is -2.29. The van der Waals surface area contributed by atoms with Crippen molar-refractivity contribution in [2.45, 2.75) is 16.2 Å². The first-order chi connectivity index (χ1) is 18.9. The predicted octanol–water partition coefficient (Wildman–Crippen LogP) is 5.01. The van der Waals surface area contributed by atoms with Gasteiger partial charge in [0.15, 0.2) is 6.61 Å². The molecule has 0 spiro atoms. The maximum Gasteiger partial charge on any atom is 0.305 e. The van der Waals surface area contributed by atoms with Crippen LogP contribution in [0.4, 0.5) is 11.4 Å².